The van der Waals surface area contributed by atoms with Crippen LogP contribution in [0.1, 0.15) is 116 Å². The summed E-state index contributed by atoms with van der Waals surface area (Å²) < 4.78 is 81.2. The van der Waals surface area contributed by atoms with E-state index in [1.807, 2.05) is 6.92 Å². The monoisotopic (exact) mass is 966 g/mol. The number of hydrogen-bond acceptors (Lipinski definition) is 17. The highest BCUT2D eigenvalue weighted by Crippen LogP contribution is 2.21. The molecule has 0 fully saturated rings. The number of carbonyl (C=O) groups excluding carboxylic acids is 7. The van der Waals surface area contributed by atoms with Crippen molar-refractivity contribution in [3.8, 4) is 0 Å². The Kier molecular flexibility index (Phi) is 20.3. The Morgan fingerprint density at radius 3 is 0.938 bits per heavy atom. The van der Waals surface area contributed by atoms with Crippen LogP contribution in [0.5, 0.6) is 0 Å². The number of carboxylic acid groups (broad SMARTS) is 1. The van der Waals surface area contributed by atoms with Gasteiger partial charge in [0.1, 0.15) is 0 Å². The lowest BCUT2D eigenvalue weighted by Gasteiger charge is -2.05. The fourth-order valence-corrected chi connectivity index (χ4v) is 6.96. The van der Waals surface area contributed by atoms with Crippen molar-refractivity contribution in [3.05, 3.63) is 123 Å². The van der Waals surface area contributed by atoms with E-state index in [1.165, 1.54) is 72.2 Å². The van der Waals surface area contributed by atoms with Gasteiger partial charge in [-0.2, -0.15) is 0 Å². The lowest BCUT2D eigenvalue weighted by atomic mass is 10.0. The van der Waals surface area contributed by atoms with Gasteiger partial charge in [0.25, 0.3) is 9.05 Å². The van der Waals surface area contributed by atoms with Crippen LogP contribution in [0.25, 0.3) is 0 Å². The molecule has 0 aliphatic carbocycles. The minimum Gasteiger partial charge on any atom is -0.478 e. The van der Waals surface area contributed by atoms with Gasteiger partial charge >= 0.3 is 23.9 Å². The number of rotatable bonds is 11. The summed E-state index contributed by atoms with van der Waals surface area (Å²) in [6.45, 7) is 7.09. The third-order valence-corrected chi connectivity index (χ3v) is 11.6. The molecular formula is C42H43ClO18S3. The van der Waals surface area contributed by atoms with Crippen molar-refractivity contribution in [2.45, 2.75) is 49.3 Å². The van der Waals surface area contributed by atoms with Gasteiger partial charge in [0, 0.05) is 45.4 Å². The molecule has 0 atom stereocenters. The molecule has 0 saturated heterocycles. The number of carbonyl (C=O) groups is 8. The summed E-state index contributed by atoms with van der Waals surface area (Å²) in [5, 5.41) is 8.78. The van der Waals surface area contributed by atoms with Gasteiger partial charge in [0.15, 0.2) is 42.8 Å². The molecule has 0 unspecified atom stereocenters. The third-order valence-electron chi connectivity index (χ3n) is 8.07. The maximum absolute atomic E-state index is 11.4. The Morgan fingerprint density at radius 1 is 0.422 bits per heavy atom. The van der Waals surface area contributed by atoms with Crippen LogP contribution in [-0.2, 0) is 42.9 Å². The Balaban J connectivity index is 0.000000428. The molecule has 0 heterocycles. The van der Waals surface area contributed by atoms with Gasteiger partial charge in [-0.05, 0) is 113 Å². The molecule has 0 spiro atoms. The van der Waals surface area contributed by atoms with Crippen molar-refractivity contribution in [1.29, 1.82) is 0 Å². The number of benzene rings is 4. The number of methoxy groups -OCH3 is 3. The summed E-state index contributed by atoms with van der Waals surface area (Å²) in [7, 11) is -2.21. The lowest BCUT2D eigenvalue weighted by Crippen LogP contribution is -2.07. The molecule has 0 radical (unpaired) electrons. The van der Waals surface area contributed by atoms with E-state index in [4.69, 9.17) is 15.8 Å². The van der Waals surface area contributed by atoms with Gasteiger partial charge in [-0.15, -0.1) is 0 Å². The molecule has 4 aromatic rings. The van der Waals surface area contributed by atoms with E-state index < -0.39 is 52.6 Å². The summed E-state index contributed by atoms with van der Waals surface area (Å²) in [5.41, 5.74) is 1.91. The zero-order chi connectivity index (χ0) is 49.7. The molecule has 0 amide bonds. The van der Waals surface area contributed by atoms with E-state index in [1.54, 1.807) is 18.2 Å². The molecule has 64 heavy (non-hydrogen) atoms. The number of halogens is 1. The highest BCUT2D eigenvalue weighted by atomic mass is 35.7. The van der Waals surface area contributed by atoms with E-state index in [2.05, 4.69) is 14.2 Å². The highest BCUT2D eigenvalue weighted by Gasteiger charge is 2.19. The van der Waals surface area contributed by atoms with E-state index in [0.29, 0.717) is 11.1 Å². The van der Waals surface area contributed by atoms with E-state index in [-0.39, 0.29) is 71.2 Å². The number of esters is 3. The first-order chi connectivity index (χ1) is 29.3. The molecule has 344 valence electrons. The summed E-state index contributed by atoms with van der Waals surface area (Å²) >= 11 is 0. The highest BCUT2D eigenvalue weighted by molar-refractivity contribution is 8.13. The molecule has 0 aromatic heterocycles. The van der Waals surface area contributed by atoms with Crippen molar-refractivity contribution in [2.75, 3.05) is 33.8 Å². The molecule has 4 aromatic carbocycles. The molecular weight excluding hydrogens is 924 g/mol. The van der Waals surface area contributed by atoms with Crippen LogP contribution in [0, 0.1) is 6.92 Å². The maximum Gasteiger partial charge on any atom is 0.337 e. The lowest BCUT2D eigenvalue weighted by molar-refractivity contribution is 0.0591. The number of aromatic carboxylic acids is 1. The largest absolute Gasteiger partial charge is 0.478 e. The summed E-state index contributed by atoms with van der Waals surface area (Å²) in [6.07, 6.45) is 1.96. The van der Waals surface area contributed by atoms with Crippen molar-refractivity contribution in [1.82, 2.24) is 0 Å². The second kappa shape index (κ2) is 23.3. The molecule has 0 saturated carbocycles. The fourth-order valence-electron chi connectivity index (χ4n) is 4.79. The Morgan fingerprint density at radius 2 is 0.656 bits per heavy atom. The number of ketones is 4. The van der Waals surface area contributed by atoms with Crippen molar-refractivity contribution in [2.24, 2.45) is 0 Å². The number of ether oxygens (including phenoxy) is 3. The van der Waals surface area contributed by atoms with E-state index >= 15 is 0 Å². The number of carboxylic acids is 1. The Labute approximate surface area is 373 Å². The quantitative estimate of drug-likeness (QED) is 0.0821. The number of aryl methyl sites for hydroxylation is 1. The van der Waals surface area contributed by atoms with Gasteiger partial charge in [0.2, 0.25) is 0 Å². The fraction of sp³-hybridized carbons (Fsp3) is 0.238. The first kappa shape index (κ1) is 55.6. The molecule has 1 N–H and O–H groups in total. The summed E-state index contributed by atoms with van der Waals surface area (Å²) in [5.74, 6) is -4.25. The van der Waals surface area contributed by atoms with Crippen LogP contribution >= 0.6 is 10.7 Å². The number of sulfone groups is 2. The standard InChI is InChI=1S/C11H12O5S.C11H12O3.C10H9ClO5S.C10H10O5S/c1-7(12)8-4-9(11(13)16-2)6-10(5-8)17(3,14)15;1-7-4-9(8(2)12)6-10(5-7)11(13)14-3;1-6(12)7-3-8(10(13)16-2)5-9(4-7)17(11,14)15;1-6(11)7-3-8(10(12)13)5-9(4-7)16(2,14)15/h4-6H,1-3H3;4-6H,1-3H3;3-5H,1-2H3;3-5H,1-2H3,(H,12,13). The van der Waals surface area contributed by atoms with Crippen molar-refractivity contribution < 1.29 is 82.9 Å². The molecule has 0 aliphatic heterocycles. The zero-order valence-corrected chi connectivity index (χ0v) is 39.1. The predicted octanol–water partition coefficient (Wildman–Crippen LogP) is 5.66. The smallest absolute Gasteiger partial charge is 0.337 e. The molecule has 0 bridgehead atoms. The maximum atomic E-state index is 11.4. The SMILES string of the molecule is CC(=O)c1cc(C(=O)O)cc(S(C)(=O)=O)c1.COC(=O)c1cc(C(C)=O)cc(S(=O)(=O)Cl)c1.COC(=O)c1cc(C(C)=O)cc(S(C)(=O)=O)c1.COC(=O)c1cc(C)cc(C(C)=O)c1. The topological polar surface area (TPSA) is 287 Å². The van der Waals surface area contributed by atoms with Crippen LogP contribution in [-0.4, -0.2) is 111 Å². The van der Waals surface area contributed by atoms with E-state index in [9.17, 15) is 63.6 Å². The number of hydrogen-bond donors (Lipinski definition) is 1. The van der Waals surface area contributed by atoms with Crippen LogP contribution in [0.3, 0.4) is 0 Å². The minimum absolute atomic E-state index is 0.0422. The molecule has 22 heteroatoms. The molecule has 4 rings (SSSR count). The van der Waals surface area contributed by atoms with Gasteiger partial charge < -0.3 is 19.3 Å². The van der Waals surface area contributed by atoms with Gasteiger partial charge in [0.05, 0.1) is 58.3 Å². The van der Waals surface area contributed by atoms with Crippen LogP contribution in [0.15, 0.2) is 87.5 Å². The van der Waals surface area contributed by atoms with E-state index in [0.717, 1.165) is 49.5 Å². The minimum atomic E-state index is -4.01. The Bertz CT molecular complexity index is 2730. The van der Waals surface area contributed by atoms with Crippen LogP contribution in [0.2, 0.25) is 0 Å². The second-order valence-corrected chi connectivity index (χ2v) is 19.9. The van der Waals surface area contributed by atoms with Gasteiger partial charge in [-0.1, -0.05) is 0 Å². The predicted molar refractivity (Wildman–Crippen MR) is 231 cm³/mol. The average molecular weight is 967 g/mol. The van der Waals surface area contributed by atoms with Crippen molar-refractivity contribution in [3.63, 3.8) is 0 Å². The average Bonchev–Trinajstić information content (AvgIpc) is 3.21. The Hall–Kier alpha value is -6.42. The summed E-state index contributed by atoms with van der Waals surface area (Å²) in [4.78, 5) is 88.7. The van der Waals surface area contributed by atoms with Crippen LogP contribution in [0.4, 0.5) is 0 Å². The van der Waals surface area contributed by atoms with Crippen molar-refractivity contribution >= 4 is 86.4 Å². The third kappa shape index (κ3) is 17.4. The summed E-state index contributed by atoms with van der Waals surface area (Å²) in [6, 6.07) is 15.5. The van der Waals surface area contributed by atoms with Gasteiger partial charge in [-0.3, -0.25) is 19.2 Å². The first-order valence-electron chi connectivity index (χ1n) is 17.7. The van der Waals surface area contributed by atoms with Crippen LogP contribution < -0.4 is 0 Å². The van der Waals surface area contributed by atoms with Gasteiger partial charge in [-0.25, -0.2) is 44.4 Å². The molecule has 0 aliphatic rings. The molecule has 18 nitrogen and oxygen atoms in total. The number of Topliss-reactive ketones (excluding diaryl/α,β-unsaturated/α-hetero) is 4. The second-order valence-electron chi connectivity index (χ2n) is 13.3. The zero-order valence-electron chi connectivity index (χ0n) is 35.9. The first-order valence-corrected chi connectivity index (χ1v) is 23.8. The normalized spacial score (nSPS) is 10.7.